The molecular weight excluding hydrogens is 206 g/mol. The van der Waals surface area contributed by atoms with Crippen LogP contribution in [0.4, 0.5) is 0 Å². The Hall–Kier alpha value is -0.180. The van der Waals surface area contributed by atoms with Gasteiger partial charge < -0.3 is 5.32 Å². The molecule has 0 aromatic heterocycles. The first kappa shape index (κ1) is 12.9. The van der Waals surface area contributed by atoms with Gasteiger partial charge in [-0.05, 0) is 30.6 Å². The Morgan fingerprint density at radius 1 is 1.33 bits per heavy atom. The number of nitrogens with one attached hydrogen (secondary N) is 1. The lowest BCUT2D eigenvalue weighted by Gasteiger charge is -2.22. The minimum Gasteiger partial charge on any atom is -0.352 e. The minimum absolute atomic E-state index is 0.0966. The van der Waals surface area contributed by atoms with Crippen LogP contribution in [0.2, 0.25) is 0 Å². The maximum absolute atomic E-state index is 11.8. The zero-order valence-electron chi connectivity index (χ0n) is 10.2. The van der Waals surface area contributed by atoms with Gasteiger partial charge in [-0.3, -0.25) is 4.79 Å². The van der Waals surface area contributed by atoms with Crippen LogP contribution in [-0.4, -0.2) is 17.2 Å². The van der Waals surface area contributed by atoms with Crippen molar-refractivity contribution in [3.05, 3.63) is 0 Å². The van der Waals surface area contributed by atoms with E-state index in [1.807, 2.05) is 13.8 Å². The van der Waals surface area contributed by atoms with Gasteiger partial charge in [0.05, 0.1) is 5.25 Å². The summed E-state index contributed by atoms with van der Waals surface area (Å²) in [4.78, 5) is 11.8. The van der Waals surface area contributed by atoms with Crippen molar-refractivity contribution in [2.45, 2.75) is 51.8 Å². The van der Waals surface area contributed by atoms with E-state index in [4.69, 9.17) is 0 Å². The fourth-order valence-corrected chi connectivity index (χ4v) is 2.21. The van der Waals surface area contributed by atoms with E-state index in [0.29, 0.717) is 17.9 Å². The fraction of sp³-hybridized carbons (Fsp3) is 0.917. The average Bonchev–Trinajstić information content (AvgIpc) is 2.48. The van der Waals surface area contributed by atoms with Crippen LogP contribution in [-0.2, 0) is 4.79 Å². The molecule has 0 aromatic rings. The van der Waals surface area contributed by atoms with Crippen molar-refractivity contribution in [2.24, 2.45) is 17.8 Å². The largest absolute Gasteiger partial charge is 0.352 e. The molecule has 1 saturated carbocycles. The average molecular weight is 229 g/mol. The van der Waals surface area contributed by atoms with Gasteiger partial charge in [0.15, 0.2) is 0 Å². The molecule has 0 heterocycles. The van der Waals surface area contributed by atoms with Gasteiger partial charge in [-0.25, -0.2) is 0 Å². The third-order valence-corrected chi connectivity index (χ3v) is 4.52. The molecule has 0 radical (unpaired) electrons. The molecule has 0 saturated heterocycles. The number of carbonyl (C=O) groups excluding carboxylic acids is 1. The van der Waals surface area contributed by atoms with Crippen molar-refractivity contribution in [2.75, 3.05) is 0 Å². The van der Waals surface area contributed by atoms with Crippen molar-refractivity contribution in [3.63, 3.8) is 0 Å². The molecule has 0 aliphatic heterocycles. The van der Waals surface area contributed by atoms with Crippen LogP contribution in [0.3, 0.4) is 0 Å². The van der Waals surface area contributed by atoms with Gasteiger partial charge in [-0.1, -0.05) is 27.7 Å². The molecule has 1 N–H and O–H groups in total. The molecule has 3 heteroatoms. The van der Waals surface area contributed by atoms with E-state index in [9.17, 15) is 4.79 Å². The second-order valence-electron chi connectivity index (χ2n) is 5.22. The van der Waals surface area contributed by atoms with Gasteiger partial charge in [-0.2, -0.15) is 12.6 Å². The van der Waals surface area contributed by atoms with Crippen molar-refractivity contribution in [3.8, 4) is 0 Å². The highest BCUT2D eigenvalue weighted by atomic mass is 32.1. The lowest BCUT2D eigenvalue weighted by atomic mass is 9.97. The second-order valence-corrected chi connectivity index (χ2v) is 5.77. The molecule has 4 unspecified atom stereocenters. The molecule has 0 bridgehead atoms. The molecule has 15 heavy (non-hydrogen) atoms. The summed E-state index contributed by atoms with van der Waals surface area (Å²) in [6, 6.07) is 0.362. The summed E-state index contributed by atoms with van der Waals surface area (Å²) < 4.78 is 0. The van der Waals surface area contributed by atoms with Crippen LogP contribution in [0.5, 0.6) is 0 Å². The van der Waals surface area contributed by atoms with Crippen LogP contribution in [0, 0.1) is 17.8 Å². The van der Waals surface area contributed by atoms with E-state index >= 15 is 0 Å². The summed E-state index contributed by atoms with van der Waals surface area (Å²) in [5, 5.41) is 2.95. The Morgan fingerprint density at radius 3 is 2.33 bits per heavy atom. The van der Waals surface area contributed by atoms with Crippen molar-refractivity contribution in [1.82, 2.24) is 5.32 Å². The molecular formula is C12H23NOS. The first-order valence-corrected chi connectivity index (χ1v) is 6.43. The van der Waals surface area contributed by atoms with Crippen LogP contribution in [0.1, 0.15) is 40.5 Å². The second kappa shape index (κ2) is 5.24. The minimum atomic E-state index is -0.173. The van der Waals surface area contributed by atoms with Crippen molar-refractivity contribution >= 4 is 18.5 Å². The van der Waals surface area contributed by atoms with Crippen LogP contribution in [0.15, 0.2) is 0 Å². The van der Waals surface area contributed by atoms with Crippen LogP contribution >= 0.6 is 12.6 Å². The van der Waals surface area contributed by atoms with E-state index in [0.717, 1.165) is 12.3 Å². The van der Waals surface area contributed by atoms with Gasteiger partial charge in [0.25, 0.3) is 0 Å². The number of thiol groups is 1. The predicted octanol–water partition coefficient (Wildman–Crippen LogP) is 2.49. The molecule has 1 amide bonds. The Balaban J connectivity index is 2.45. The van der Waals surface area contributed by atoms with Crippen molar-refractivity contribution in [1.29, 1.82) is 0 Å². The van der Waals surface area contributed by atoms with Crippen molar-refractivity contribution < 1.29 is 4.79 Å². The number of carbonyl (C=O) groups is 1. The maximum atomic E-state index is 11.8. The summed E-state index contributed by atoms with van der Waals surface area (Å²) >= 11 is 4.33. The highest BCUT2D eigenvalue weighted by Crippen LogP contribution is 2.31. The topological polar surface area (TPSA) is 29.1 Å². The summed E-state index contributed by atoms with van der Waals surface area (Å²) in [5.74, 6) is 1.72. The Labute approximate surface area is 98.6 Å². The van der Waals surface area contributed by atoms with E-state index in [1.165, 1.54) is 6.42 Å². The molecule has 1 aliphatic rings. The van der Waals surface area contributed by atoms with Crippen LogP contribution < -0.4 is 5.32 Å². The molecule has 88 valence electrons. The molecule has 1 fully saturated rings. The summed E-state index contributed by atoms with van der Waals surface area (Å²) in [6.07, 6.45) is 2.34. The number of hydrogen-bond donors (Lipinski definition) is 2. The Kier molecular flexibility index (Phi) is 4.50. The summed E-state index contributed by atoms with van der Waals surface area (Å²) in [5.41, 5.74) is 0. The fourth-order valence-electron chi connectivity index (χ4n) is 2.14. The summed E-state index contributed by atoms with van der Waals surface area (Å²) in [6.45, 7) is 8.54. The van der Waals surface area contributed by atoms with Gasteiger partial charge in [0, 0.05) is 6.04 Å². The lowest BCUT2D eigenvalue weighted by Crippen LogP contribution is -2.42. The monoisotopic (exact) mass is 229 g/mol. The molecule has 0 aromatic carbocycles. The van der Waals surface area contributed by atoms with Gasteiger partial charge in [-0.15, -0.1) is 0 Å². The third kappa shape index (κ3) is 3.13. The third-order valence-electron chi connectivity index (χ3n) is 3.69. The normalized spacial score (nSPS) is 33.1. The molecule has 1 aliphatic carbocycles. The maximum Gasteiger partial charge on any atom is 0.233 e. The van der Waals surface area contributed by atoms with Crippen LogP contribution in [0.25, 0.3) is 0 Å². The molecule has 4 atom stereocenters. The van der Waals surface area contributed by atoms with E-state index in [1.54, 1.807) is 0 Å². The predicted molar refractivity (Wildman–Crippen MR) is 67.1 cm³/mol. The SMILES string of the molecule is CC(C)C(S)C(=O)NC1CCC(C)C1C. The Morgan fingerprint density at radius 2 is 1.93 bits per heavy atom. The lowest BCUT2D eigenvalue weighted by molar-refractivity contribution is -0.122. The first-order valence-electron chi connectivity index (χ1n) is 5.92. The highest BCUT2D eigenvalue weighted by Gasteiger charge is 2.32. The first-order chi connectivity index (χ1) is 6.93. The highest BCUT2D eigenvalue weighted by molar-refractivity contribution is 7.81. The summed E-state index contributed by atoms with van der Waals surface area (Å²) in [7, 11) is 0. The molecule has 2 nitrogen and oxygen atoms in total. The number of hydrogen-bond acceptors (Lipinski definition) is 2. The van der Waals surface area contributed by atoms with Gasteiger partial charge in [0.2, 0.25) is 5.91 Å². The van der Waals surface area contributed by atoms with E-state index < -0.39 is 0 Å². The van der Waals surface area contributed by atoms with Gasteiger partial charge >= 0.3 is 0 Å². The van der Waals surface area contributed by atoms with E-state index in [2.05, 4.69) is 31.8 Å². The molecule has 1 rings (SSSR count). The smallest absolute Gasteiger partial charge is 0.233 e. The molecule has 0 spiro atoms. The zero-order chi connectivity index (χ0) is 11.6. The van der Waals surface area contributed by atoms with Gasteiger partial charge in [0.1, 0.15) is 0 Å². The zero-order valence-corrected chi connectivity index (χ0v) is 11.1. The number of amides is 1. The quantitative estimate of drug-likeness (QED) is 0.715. The number of rotatable bonds is 3. The standard InChI is InChI=1S/C12H23NOS/c1-7(2)11(15)12(14)13-10-6-5-8(3)9(10)4/h7-11,15H,5-6H2,1-4H3,(H,13,14). The van der Waals surface area contributed by atoms with E-state index in [-0.39, 0.29) is 11.2 Å². The Bertz CT molecular complexity index is 230.